The summed E-state index contributed by atoms with van der Waals surface area (Å²) in [5.74, 6) is 0. The summed E-state index contributed by atoms with van der Waals surface area (Å²) in [5.41, 5.74) is 1.56. The summed E-state index contributed by atoms with van der Waals surface area (Å²) in [6.07, 6.45) is 8.84. The van der Waals surface area contributed by atoms with E-state index in [9.17, 15) is 0 Å². The zero-order valence-electron chi connectivity index (χ0n) is 8.64. The molecule has 0 aromatic heterocycles. The summed E-state index contributed by atoms with van der Waals surface area (Å²) in [6, 6.07) is 0.462. The first-order chi connectivity index (χ1) is 5.29. The Balaban J connectivity index is 0.00000121. The van der Waals surface area contributed by atoms with Gasteiger partial charge in [-0.3, -0.25) is 0 Å². The van der Waals surface area contributed by atoms with Crippen LogP contribution in [0.25, 0.3) is 5.32 Å². The molecule has 0 aromatic rings. The molecule has 0 radical (unpaired) electrons. The van der Waals surface area contributed by atoms with Crippen molar-refractivity contribution in [2.45, 2.75) is 52.0 Å². The zero-order valence-corrected chi connectivity index (χ0v) is 8.64. The topological polar surface area (TPSA) is 14.1 Å². The molecule has 0 unspecified atom stereocenters. The van der Waals surface area contributed by atoms with Gasteiger partial charge in [-0.25, -0.2) is 0 Å². The molecule has 0 atom stereocenters. The molecule has 12 heavy (non-hydrogen) atoms. The van der Waals surface area contributed by atoms with Gasteiger partial charge in [0.2, 0.25) is 0 Å². The third-order valence-corrected chi connectivity index (χ3v) is 2.05. The zero-order chi connectivity index (χ0) is 8.10. The fraction of sp³-hybridized carbons (Fsp3) is 0.800. The molecule has 0 heterocycles. The number of nitrogens with zero attached hydrogens (tertiary/aromatic N) is 1. The maximum absolute atomic E-state index is 4.39. The SMILES string of the molecule is CC(C)[N-]C=C1CCCCC1.[Li+]. The second kappa shape index (κ2) is 6.63. The van der Waals surface area contributed by atoms with E-state index in [1.807, 2.05) is 0 Å². The van der Waals surface area contributed by atoms with Gasteiger partial charge in [-0.15, -0.1) is 6.04 Å². The van der Waals surface area contributed by atoms with Crippen molar-refractivity contribution in [2.24, 2.45) is 0 Å². The van der Waals surface area contributed by atoms with Crippen molar-refractivity contribution >= 4 is 0 Å². The van der Waals surface area contributed by atoms with E-state index < -0.39 is 0 Å². The van der Waals surface area contributed by atoms with E-state index in [0.29, 0.717) is 6.04 Å². The van der Waals surface area contributed by atoms with Gasteiger partial charge in [-0.2, -0.15) is 6.20 Å². The molecule has 2 heteroatoms. The summed E-state index contributed by atoms with van der Waals surface area (Å²) in [5, 5.41) is 4.39. The third-order valence-electron chi connectivity index (χ3n) is 2.05. The molecule has 0 aromatic carbocycles. The van der Waals surface area contributed by atoms with Crippen molar-refractivity contribution in [3.63, 3.8) is 0 Å². The predicted octanol–water partition coefficient (Wildman–Crippen LogP) is 0.620. The molecule has 1 saturated carbocycles. The molecule has 1 aliphatic rings. The van der Waals surface area contributed by atoms with E-state index >= 15 is 0 Å². The molecule has 1 rings (SSSR count). The van der Waals surface area contributed by atoms with E-state index in [0.717, 1.165) is 0 Å². The summed E-state index contributed by atoms with van der Waals surface area (Å²) in [6.45, 7) is 4.25. The monoisotopic (exact) mass is 159 g/mol. The van der Waals surface area contributed by atoms with Gasteiger partial charge in [0.25, 0.3) is 0 Å². The van der Waals surface area contributed by atoms with E-state index in [-0.39, 0.29) is 18.9 Å². The molecular weight excluding hydrogens is 141 g/mol. The Morgan fingerprint density at radius 2 is 1.75 bits per heavy atom. The van der Waals surface area contributed by atoms with Crippen LogP contribution < -0.4 is 18.9 Å². The third kappa shape index (κ3) is 4.90. The molecule has 0 saturated heterocycles. The molecule has 0 bridgehead atoms. The first-order valence-electron chi connectivity index (χ1n) is 4.67. The Labute approximate surface area is 88.2 Å². The van der Waals surface area contributed by atoms with Crippen LogP contribution in [0.1, 0.15) is 46.0 Å². The molecular formula is C10H18LiN. The quantitative estimate of drug-likeness (QED) is 0.524. The van der Waals surface area contributed by atoms with Gasteiger partial charge >= 0.3 is 18.9 Å². The Hall–Kier alpha value is 0.137. The predicted molar refractivity (Wildman–Crippen MR) is 49.7 cm³/mol. The molecule has 64 valence electrons. The average molecular weight is 159 g/mol. The minimum absolute atomic E-state index is 0. The Morgan fingerprint density at radius 3 is 2.25 bits per heavy atom. The van der Waals surface area contributed by atoms with Crippen molar-refractivity contribution in [2.75, 3.05) is 0 Å². The second-order valence-electron chi connectivity index (χ2n) is 3.59. The van der Waals surface area contributed by atoms with Crippen LogP contribution in [-0.4, -0.2) is 6.04 Å². The van der Waals surface area contributed by atoms with Crippen LogP contribution in [0, 0.1) is 0 Å². The summed E-state index contributed by atoms with van der Waals surface area (Å²) in [7, 11) is 0. The van der Waals surface area contributed by atoms with E-state index in [1.54, 1.807) is 5.57 Å². The van der Waals surface area contributed by atoms with Crippen molar-refractivity contribution < 1.29 is 18.9 Å². The fourth-order valence-corrected chi connectivity index (χ4v) is 1.39. The van der Waals surface area contributed by atoms with Crippen LogP contribution in [0.4, 0.5) is 0 Å². The van der Waals surface area contributed by atoms with Crippen molar-refractivity contribution in [3.05, 3.63) is 17.1 Å². The van der Waals surface area contributed by atoms with E-state index in [2.05, 4.69) is 25.4 Å². The molecule has 1 aliphatic carbocycles. The van der Waals surface area contributed by atoms with Crippen molar-refractivity contribution in [1.82, 2.24) is 0 Å². The van der Waals surface area contributed by atoms with Crippen LogP contribution in [0.15, 0.2) is 11.8 Å². The van der Waals surface area contributed by atoms with Crippen LogP contribution in [0.5, 0.6) is 0 Å². The Bertz CT molecular complexity index is 133. The smallest absolute Gasteiger partial charge is 0.688 e. The van der Waals surface area contributed by atoms with Crippen LogP contribution in [0.3, 0.4) is 0 Å². The largest absolute Gasteiger partial charge is 1.00 e. The summed E-state index contributed by atoms with van der Waals surface area (Å²) < 4.78 is 0. The first kappa shape index (κ1) is 12.1. The molecule has 1 fully saturated rings. The molecule has 0 N–H and O–H groups in total. The summed E-state index contributed by atoms with van der Waals surface area (Å²) in [4.78, 5) is 0. The molecule has 0 spiro atoms. The number of hydrogen-bond donors (Lipinski definition) is 0. The van der Waals surface area contributed by atoms with Crippen molar-refractivity contribution in [3.8, 4) is 0 Å². The maximum atomic E-state index is 4.39. The molecule has 0 aliphatic heterocycles. The normalized spacial score (nSPS) is 17.1. The number of hydrogen-bond acceptors (Lipinski definition) is 0. The number of rotatable bonds is 2. The Kier molecular flexibility index (Phi) is 6.71. The minimum atomic E-state index is 0. The van der Waals surface area contributed by atoms with Crippen LogP contribution >= 0.6 is 0 Å². The first-order valence-corrected chi connectivity index (χ1v) is 4.67. The standard InChI is InChI=1S/C10H18N.Li/c1-9(2)11-8-10-6-4-3-5-7-10;/h8-9H,3-7H2,1-2H3;/q-1;+1. The van der Waals surface area contributed by atoms with Gasteiger partial charge in [0.15, 0.2) is 0 Å². The van der Waals surface area contributed by atoms with Crippen LogP contribution in [-0.2, 0) is 0 Å². The van der Waals surface area contributed by atoms with Crippen LogP contribution in [0.2, 0.25) is 0 Å². The van der Waals surface area contributed by atoms with E-state index in [1.165, 1.54) is 32.1 Å². The van der Waals surface area contributed by atoms with Gasteiger partial charge in [0, 0.05) is 0 Å². The minimum Gasteiger partial charge on any atom is -0.688 e. The summed E-state index contributed by atoms with van der Waals surface area (Å²) >= 11 is 0. The van der Waals surface area contributed by atoms with Gasteiger partial charge < -0.3 is 5.32 Å². The van der Waals surface area contributed by atoms with Gasteiger partial charge in [0.1, 0.15) is 0 Å². The van der Waals surface area contributed by atoms with Crippen molar-refractivity contribution in [1.29, 1.82) is 0 Å². The average Bonchev–Trinajstić information content (AvgIpc) is 2.03. The van der Waals surface area contributed by atoms with Gasteiger partial charge in [0.05, 0.1) is 0 Å². The maximum Gasteiger partial charge on any atom is 1.00 e. The van der Waals surface area contributed by atoms with Gasteiger partial charge in [-0.1, -0.05) is 25.8 Å². The Morgan fingerprint density at radius 1 is 1.17 bits per heavy atom. The number of allylic oxidation sites excluding steroid dienone is 1. The second-order valence-corrected chi connectivity index (χ2v) is 3.59. The fourth-order valence-electron chi connectivity index (χ4n) is 1.39. The molecule has 0 amide bonds. The van der Waals surface area contributed by atoms with E-state index in [4.69, 9.17) is 0 Å². The van der Waals surface area contributed by atoms with Gasteiger partial charge in [-0.05, 0) is 25.7 Å². The molecule has 1 nitrogen and oxygen atoms in total.